The number of rotatable bonds is 6. The normalized spacial score (nSPS) is 16.7. The number of urea groups is 1. The quantitative estimate of drug-likeness (QED) is 0.852. The van der Waals surface area contributed by atoms with E-state index in [2.05, 4.69) is 20.5 Å². The number of nitrogens with one attached hydrogen (secondary N) is 1. The third-order valence-corrected chi connectivity index (χ3v) is 4.44. The zero-order valence-corrected chi connectivity index (χ0v) is 14.8. The Balaban J connectivity index is 1.44. The van der Waals surface area contributed by atoms with Crippen LogP contribution in [0.15, 0.2) is 22.8 Å². The molecule has 0 bridgehead atoms. The molecule has 1 aromatic heterocycles. The molecule has 0 spiro atoms. The molecule has 1 N–H and O–H groups in total. The second-order valence-corrected chi connectivity index (χ2v) is 6.54. The van der Waals surface area contributed by atoms with Crippen LogP contribution in [-0.4, -0.2) is 72.1 Å². The lowest BCUT2D eigenvalue weighted by atomic mass is 10.2. The number of aromatic nitrogens is 2. The molecule has 2 amide bonds. The fourth-order valence-corrected chi connectivity index (χ4v) is 2.87. The van der Waals surface area contributed by atoms with Crippen LogP contribution in [0.2, 0.25) is 0 Å². The highest BCUT2D eigenvalue weighted by molar-refractivity contribution is 5.75. The number of nitrogens with zero attached hydrogens (tertiary/aromatic N) is 4. The molecular formula is C17H25N5O3. The van der Waals surface area contributed by atoms with Crippen LogP contribution < -0.4 is 5.32 Å². The second-order valence-electron chi connectivity index (χ2n) is 6.54. The van der Waals surface area contributed by atoms with E-state index in [4.69, 9.17) is 9.37 Å². The van der Waals surface area contributed by atoms with Gasteiger partial charge >= 0.3 is 6.03 Å². The van der Waals surface area contributed by atoms with Gasteiger partial charge in [-0.2, -0.15) is 0 Å². The SMILES string of the molecule is C[C@@H](CCN1CCOCC1)NC(=O)N(C)Cc1ccc2nonc2c1. The number of hydrogen-bond acceptors (Lipinski definition) is 6. The molecule has 3 rings (SSSR count). The molecule has 1 fully saturated rings. The Bertz CT molecular complexity index is 698. The molecule has 1 aliphatic heterocycles. The molecular weight excluding hydrogens is 322 g/mol. The summed E-state index contributed by atoms with van der Waals surface area (Å²) in [5, 5.41) is 10.7. The molecule has 0 saturated carbocycles. The van der Waals surface area contributed by atoms with Crippen molar-refractivity contribution in [3.05, 3.63) is 23.8 Å². The Morgan fingerprint density at radius 1 is 1.32 bits per heavy atom. The predicted octanol–water partition coefficient (Wildman–Crippen LogP) is 1.47. The predicted molar refractivity (Wildman–Crippen MR) is 93.1 cm³/mol. The van der Waals surface area contributed by atoms with Gasteiger partial charge in [-0.25, -0.2) is 9.42 Å². The van der Waals surface area contributed by atoms with Crippen LogP contribution in [0.25, 0.3) is 11.0 Å². The third-order valence-electron chi connectivity index (χ3n) is 4.44. The standard InChI is InChI=1S/C17H25N5O3/c1-13(5-6-22-7-9-24-10-8-22)18-17(23)21(2)12-14-3-4-15-16(11-14)20-25-19-15/h3-4,11,13H,5-10,12H2,1-2H3,(H,18,23)/t13-/m0/s1. The van der Waals surface area contributed by atoms with Crippen LogP contribution in [0, 0.1) is 0 Å². The van der Waals surface area contributed by atoms with E-state index >= 15 is 0 Å². The van der Waals surface area contributed by atoms with Gasteiger partial charge < -0.3 is 15.0 Å². The molecule has 25 heavy (non-hydrogen) atoms. The van der Waals surface area contributed by atoms with Gasteiger partial charge in [-0.05, 0) is 41.4 Å². The van der Waals surface area contributed by atoms with Crippen LogP contribution in [0.5, 0.6) is 0 Å². The van der Waals surface area contributed by atoms with E-state index in [-0.39, 0.29) is 12.1 Å². The lowest BCUT2D eigenvalue weighted by Gasteiger charge is -2.28. The molecule has 8 heteroatoms. The van der Waals surface area contributed by atoms with E-state index in [1.54, 1.807) is 11.9 Å². The van der Waals surface area contributed by atoms with Gasteiger partial charge in [0.05, 0.1) is 13.2 Å². The zero-order valence-electron chi connectivity index (χ0n) is 14.8. The molecule has 0 aliphatic carbocycles. The van der Waals surface area contributed by atoms with E-state index < -0.39 is 0 Å². The molecule has 1 atom stereocenters. The summed E-state index contributed by atoms with van der Waals surface area (Å²) in [6.45, 7) is 7.07. The van der Waals surface area contributed by atoms with Gasteiger partial charge in [0.1, 0.15) is 11.0 Å². The number of fused-ring (bicyclic) bond motifs is 1. The number of ether oxygens (including phenoxy) is 1. The van der Waals surface area contributed by atoms with Crippen molar-refractivity contribution in [1.29, 1.82) is 0 Å². The first kappa shape index (κ1) is 17.6. The van der Waals surface area contributed by atoms with Gasteiger partial charge in [0.15, 0.2) is 0 Å². The van der Waals surface area contributed by atoms with E-state index in [9.17, 15) is 4.79 Å². The first-order valence-electron chi connectivity index (χ1n) is 8.65. The van der Waals surface area contributed by atoms with Gasteiger partial charge in [-0.15, -0.1) is 0 Å². The van der Waals surface area contributed by atoms with Gasteiger partial charge in [-0.3, -0.25) is 4.90 Å². The molecule has 1 aliphatic rings. The Hall–Kier alpha value is -2.19. The Morgan fingerprint density at radius 3 is 2.88 bits per heavy atom. The van der Waals surface area contributed by atoms with Gasteiger partial charge in [0.2, 0.25) is 0 Å². The van der Waals surface area contributed by atoms with Crippen molar-refractivity contribution in [1.82, 2.24) is 25.4 Å². The highest BCUT2D eigenvalue weighted by atomic mass is 16.6. The van der Waals surface area contributed by atoms with Crippen molar-refractivity contribution in [2.75, 3.05) is 39.9 Å². The molecule has 2 heterocycles. The summed E-state index contributed by atoms with van der Waals surface area (Å²) < 4.78 is 10.0. The van der Waals surface area contributed by atoms with Crippen LogP contribution in [-0.2, 0) is 11.3 Å². The molecule has 0 unspecified atom stereocenters. The summed E-state index contributed by atoms with van der Waals surface area (Å²) in [5.41, 5.74) is 2.40. The summed E-state index contributed by atoms with van der Waals surface area (Å²) in [6, 6.07) is 5.71. The zero-order chi connectivity index (χ0) is 17.6. The van der Waals surface area contributed by atoms with Crippen molar-refractivity contribution in [2.45, 2.75) is 25.9 Å². The topological polar surface area (TPSA) is 83.7 Å². The Labute approximate surface area is 147 Å². The highest BCUT2D eigenvalue weighted by Gasteiger charge is 2.15. The van der Waals surface area contributed by atoms with Crippen LogP contribution >= 0.6 is 0 Å². The maximum Gasteiger partial charge on any atom is 0.317 e. The largest absolute Gasteiger partial charge is 0.379 e. The van der Waals surface area contributed by atoms with Gasteiger partial charge in [0.25, 0.3) is 0 Å². The van der Waals surface area contributed by atoms with E-state index in [1.807, 2.05) is 25.1 Å². The molecule has 8 nitrogen and oxygen atoms in total. The Morgan fingerprint density at radius 2 is 2.08 bits per heavy atom. The maximum absolute atomic E-state index is 12.4. The number of amides is 2. The fourth-order valence-electron chi connectivity index (χ4n) is 2.87. The van der Waals surface area contributed by atoms with Gasteiger partial charge in [0, 0.05) is 39.3 Å². The highest BCUT2D eigenvalue weighted by Crippen LogP contribution is 2.13. The maximum atomic E-state index is 12.4. The minimum atomic E-state index is -0.0761. The van der Waals surface area contributed by atoms with Crippen molar-refractivity contribution in [3.8, 4) is 0 Å². The smallest absolute Gasteiger partial charge is 0.317 e. The number of benzene rings is 1. The van der Waals surface area contributed by atoms with Crippen molar-refractivity contribution in [2.24, 2.45) is 0 Å². The van der Waals surface area contributed by atoms with Crippen LogP contribution in [0.4, 0.5) is 4.79 Å². The molecule has 1 aromatic carbocycles. The first-order chi connectivity index (χ1) is 12.1. The van der Waals surface area contributed by atoms with Crippen molar-refractivity contribution >= 4 is 17.1 Å². The summed E-state index contributed by atoms with van der Waals surface area (Å²) >= 11 is 0. The van der Waals surface area contributed by atoms with Crippen LogP contribution in [0.1, 0.15) is 18.9 Å². The number of morpholine rings is 1. The lowest BCUT2D eigenvalue weighted by molar-refractivity contribution is 0.0364. The first-order valence-corrected chi connectivity index (χ1v) is 8.65. The third kappa shape index (κ3) is 4.90. The Kier molecular flexibility index (Phi) is 5.83. The fraction of sp³-hybridized carbons (Fsp3) is 0.588. The summed E-state index contributed by atoms with van der Waals surface area (Å²) in [7, 11) is 1.79. The number of carbonyl (C=O) groups is 1. The van der Waals surface area contributed by atoms with E-state index in [1.165, 1.54) is 0 Å². The molecule has 136 valence electrons. The van der Waals surface area contributed by atoms with Crippen molar-refractivity contribution in [3.63, 3.8) is 0 Å². The lowest BCUT2D eigenvalue weighted by Crippen LogP contribution is -2.44. The molecule has 1 saturated heterocycles. The van der Waals surface area contributed by atoms with E-state index in [0.717, 1.165) is 44.8 Å². The minimum absolute atomic E-state index is 0.0761. The summed E-state index contributed by atoms with van der Waals surface area (Å²) in [5.74, 6) is 0. The number of carbonyl (C=O) groups excluding carboxylic acids is 1. The average molecular weight is 347 g/mol. The van der Waals surface area contributed by atoms with Gasteiger partial charge in [-0.1, -0.05) is 6.07 Å². The van der Waals surface area contributed by atoms with Crippen LogP contribution in [0.3, 0.4) is 0 Å². The number of hydrogen-bond donors (Lipinski definition) is 1. The van der Waals surface area contributed by atoms with Crippen molar-refractivity contribution < 1.29 is 14.2 Å². The summed E-state index contributed by atoms with van der Waals surface area (Å²) in [6.07, 6.45) is 0.927. The van der Waals surface area contributed by atoms with E-state index in [0.29, 0.717) is 17.6 Å². The average Bonchev–Trinajstić information content (AvgIpc) is 3.08. The molecule has 2 aromatic rings. The monoisotopic (exact) mass is 347 g/mol. The summed E-state index contributed by atoms with van der Waals surface area (Å²) in [4.78, 5) is 16.4. The second kappa shape index (κ2) is 8.26. The minimum Gasteiger partial charge on any atom is -0.379 e. The molecule has 0 radical (unpaired) electrons.